The van der Waals surface area contributed by atoms with Crippen LogP contribution >= 0.6 is 0 Å². The molecular formula is C14H31N3O. The summed E-state index contributed by atoms with van der Waals surface area (Å²) in [4.78, 5) is 13.8. The number of rotatable bonds is 10. The fourth-order valence-electron chi connectivity index (χ4n) is 1.99. The van der Waals surface area contributed by atoms with Gasteiger partial charge in [0.05, 0.1) is 6.04 Å². The number of nitrogens with zero attached hydrogens (tertiary/aromatic N) is 1. The number of amides is 1. The highest BCUT2D eigenvalue weighted by atomic mass is 16.1. The molecule has 1 atom stereocenters. The molecule has 0 aromatic heterocycles. The van der Waals surface area contributed by atoms with Crippen LogP contribution in [0.2, 0.25) is 0 Å². The highest BCUT2D eigenvalue weighted by Crippen LogP contribution is 2.06. The Labute approximate surface area is 112 Å². The Balaban J connectivity index is 4.23. The Morgan fingerprint density at radius 1 is 1.28 bits per heavy atom. The maximum absolute atomic E-state index is 11.4. The molecule has 3 N–H and O–H groups in total. The topological polar surface area (TPSA) is 58.4 Å². The van der Waals surface area contributed by atoms with Crippen molar-refractivity contribution in [2.45, 2.75) is 59.5 Å². The van der Waals surface area contributed by atoms with Crippen molar-refractivity contribution in [2.24, 2.45) is 11.7 Å². The number of carbonyl (C=O) groups is 1. The Hall–Kier alpha value is -0.610. The Morgan fingerprint density at radius 3 is 2.28 bits per heavy atom. The molecule has 0 fully saturated rings. The van der Waals surface area contributed by atoms with Crippen LogP contribution in [0.4, 0.5) is 0 Å². The van der Waals surface area contributed by atoms with E-state index in [1.165, 1.54) is 0 Å². The number of primary amides is 1. The Bertz CT molecular complexity index is 229. The molecule has 0 aromatic carbocycles. The van der Waals surface area contributed by atoms with Gasteiger partial charge in [0.15, 0.2) is 0 Å². The summed E-state index contributed by atoms with van der Waals surface area (Å²) < 4.78 is 0. The molecule has 0 aliphatic heterocycles. The first-order valence-electron chi connectivity index (χ1n) is 7.15. The normalized spacial score (nSPS) is 13.6. The molecule has 0 saturated heterocycles. The van der Waals surface area contributed by atoms with Gasteiger partial charge in [0.25, 0.3) is 0 Å². The molecule has 108 valence electrons. The molecule has 0 aliphatic rings. The minimum atomic E-state index is -0.239. The first kappa shape index (κ1) is 17.4. The Morgan fingerprint density at radius 2 is 1.89 bits per heavy atom. The summed E-state index contributed by atoms with van der Waals surface area (Å²) in [6.45, 7) is 13.7. The van der Waals surface area contributed by atoms with Crippen molar-refractivity contribution >= 4 is 5.91 Å². The van der Waals surface area contributed by atoms with Crippen LogP contribution < -0.4 is 11.1 Å². The lowest BCUT2D eigenvalue weighted by atomic mass is 10.1. The van der Waals surface area contributed by atoms with Gasteiger partial charge < -0.3 is 16.0 Å². The van der Waals surface area contributed by atoms with Crippen molar-refractivity contribution < 1.29 is 4.79 Å². The molecular weight excluding hydrogens is 226 g/mol. The quantitative estimate of drug-likeness (QED) is 0.625. The number of hydrogen-bond donors (Lipinski definition) is 2. The summed E-state index contributed by atoms with van der Waals surface area (Å²) in [7, 11) is 0. The van der Waals surface area contributed by atoms with Gasteiger partial charge in [0.1, 0.15) is 0 Å². The summed E-state index contributed by atoms with van der Waals surface area (Å²) in [5, 5.41) is 3.22. The highest BCUT2D eigenvalue weighted by molar-refractivity contribution is 5.79. The van der Waals surface area contributed by atoms with Gasteiger partial charge in [-0.3, -0.25) is 4.79 Å². The van der Waals surface area contributed by atoms with Crippen molar-refractivity contribution in [3.05, 3.63) is 0 Å². The molecule has 0 heterocycles. The van der Waals surface area contributed by atoms with E-state index in [2.05, 4.69) is 44.8 Å². The number of hydrogen-bond acceptors (Lipinski definition) is 3. The predicted octanol–water partition coefficient (Wildman–Crippen LogP) is 1.60. The zero-order valence-electron chi connectivity index (χ0n) is 12.7. The van der Waals surface area contributed by atoms with Gasteiger partial charge in [-0.1, -0.05) is 20.8 Å². The van der Waals surface area contributed by atoms with E-state index in [4.69, 9.17) is 5.73 Å². The second-order valence-electron chi connectivity index (χ2n) is 5.68. The molecule has 0 aliphatic carbocycles. The average molecular weight is 257 g/mol. The zero-order chi connectivity index (χ0) is 14.1. The van der Waals surface area contributed by atoms with E-state index in [-0.39, 0.29) is 11.9 Å². The summed E-state index contributed by atoms with van der Waals surface area (Å²) in [5.41, 5.74) is 5.42. The molecule has 1 unspecified atom stereocenters. The maximum Gasteiger partial charge on any atom is 0.234 e. The minimum Gasteiger partial charge on any atom is -0.368 e. The first-order valence-corrected chi connectivity index (χ1v) is 7.15. The van der Waals surface area contributed by atoms with Gasteiger partial charge in [-0.25, -0.2) is 0 Å². The van der Waals surface area contributed by atoms with Crippen LogP contribution in [0.25, 0.3) is 0 Å². The van der Waals surface area contributed by atoms with Gasteiger partial charge >= 0.3 is 0 Å². The van der Waals surface area contributed by atoms with Gasteiger partial charge in [0.2, 0.25) is 5.91 Å². The van der Waals surface area contributed by atoms with E-state index >= 15 is 0 Å². The summed E-state index contributed by atoms with van der Waals surface area (Å²) in [5.74, 6) is 0.403. The molecule has 0 rings (SSSR count). The summed E-state index contributed by atoms with van der Waals surface area (Å²) in [6.07, 6.45) is 1.81. The molecule has 4 nitrogen and oxygen atoms in total. The maximum atomic E-state index is 11.4. The van der Waals surface area contributed by atoms with Crippen molar-refractivity contribution in [2.75, 3.05) is 19.6 Å². The predicted molar refractivity (Wildman–Crippen MR) is 77.4 cm³/mol. The summed E-state index contributed by atoms with van der Waals surface area (Å²) >= 11 is 0. The third kappa shape index (κ3) is 7.67. The third-order valence-electron chi connectivity index (χ3n) is 3.02. The lowest BCUT2D eigenvalue weighted by molar-refractivity contribution is -0.120. The third-order valence-corrected chi connectivity index (χ3v) is 3.02. The van der Waals surface area contributed by atoms with Crippen molar-refractivity contribution in [1.29, 1.82) is 0 Å². The second kappa shape index (κ2) is 9.34. The van der Waals surface area contributed by atoms with Gasteiger partial charge in [-0.2, -0.15) is 0 Å². The van der Waals surface area contributed by atoms with Crippen LogP contribution in [-0.2, 0) is 4.79 Å². The van der Waals surface area contributed by atoms with Gasteiger partial charge in [-0.15, -0.1) is 0 Å². The SMILES string of the molecule is CCCNC(CCN(CC(C)C)C(C)C)C(N)=O. The smallest absolute Gasteiger partial charge is 0.234 e. The molecule has 0 spiro atoms. The molecule has 0 aromatic rings. The molecule has 1 amide bonds. The first-order chi connectivity index (χ1) is 8.38. The highest BCUT2D eigenvalue weighted by Gasteiger charge is 2.17. The molecule has 4 heteroatoms. The van der Waals surface area contributed by atoms with Gasteiger partial charge in [0, 0.05) is 19.1 Å². The zero-order valence-corrected chi connectivity index (χ0v) is 12.7. The standard InChI is InChI=1S/C14H31N3O/c1-6-8-16-13(14(15)18)7-9-17(12(4)5)10-11(2)3/h11-13,16H,6-10H2,1-5H3,(H2,15,18). The lowest BCUT2D eigenvalue weighted by Crippen LogP contribution is -2.45. The van der Waals surface area contributed by atoms with Crippen LogP contribution in [0, 0.1) is 5.92 Å². The van der Waals surface area contributed by atoms with Crippen LogP contribution in [-0.4, -0.2) is 42.5 Å². The molecule has 0 radical (unpaired) electrons. The molecule has 18 heavy (non-hydrogen) atoms. The second-order valence-corrected chi connectivity index (χ2v) is 5.68. The van der Waals surface area contributed by atoms with E-state index in [0.717, 1.165) is 32.5 Å². The van der Waals surface area contributed by atoms with Crippen molar-refractivity contribution in [1.82, 2.24) is 10.2 Å². The van der Waals surface area contributed by atoms with Crippen LogP contribution in [0.15, 0.2) is 0 Å². The van der Waals surface area contributed by atoms with E-state index in [0.29, 0.717) is 12.0 Å². The minimum absolute atomic E-state index is 0.196. The van der Waals surface area contributed by atoms with Crippen LogP contribution in [0.1, 0.15) is 47.5 Å². The van der Waals surface area contributed by atoms with Crippen LogP contribution in [0.3, 0.4) is 0 Å². The lowest BCUT2D eigenvalue weighted by Gasteiger charge is -2.29. The van der Waals surface area contributed by atoms with Crippen molar-refractivity contribution in [3.63, 3.8) is 0 Å². The van der Waals surface area contributed by atoms with E-state index in [1.54, 1.807) is 0 Å². The average Bonchev–Trinajstić information content (AvgIpc) is 2.26. The van der Waals surface area contributed by atoms with Gasteiger partial charge in [-0.05, 0) is 39.2 Å². The fourth-order valence-corrected chi connectivity index (χ4v) is 1.99. The van der Waals surface area contributed by atoms with E-state index in [1.807, 2.05) is 0 Å². The fraction of sp³-hybridized carbons (Fsp3) is 0.929. The monoisotopic (exact) mass is 257 g/mol. The molecule has 0 saturated carbocycles. The van der Waals surface area contributed by atoms with Crippen LogP contribution in [0.5, 0.6) is 0 Å². The van der Waals surface area contributed by atoms with Crippen molar-refractivity contribution in [3.8, 4) is 0 Å². The van der Waals surface area contributed by atoms with E-state index in [9.17, 15) is 4.79 Å². The largest absolute Gasteiger partial charge is 0.368 e. The molecule has 0 bridgehead atoms. The number of nitrogens with one attached hydrogen (secondary N) is 1. The summed E-state index contributed by atoms with van der Waals surface area (Å²) in [6, 6.07) is 0.311. The van der Waals surface area contributed by atoms with E-state index < -0.39 is 0 Å². The number of nitrogens with two attached hydrogens (primary N) is 1. The Kier molecular flexibility index (Phi) is 9.02. The number of carbonyl (C=O) groups excluding carboxylic acids is 1.